The lowest BCUT2D eigenvalue weighted by Gasteiger charge is -2.21. The van der Waals surface area contributed by atoms with E-state index in [4.69, 9.17) is 10.8 Å². The summed E-state index contributed by atoms with van der Waals surface area (Å²) in [5.41, 5.74) is 8.05. The third-order valence-corrected chi connectivity index (χ3v) is 4.93. The van der Waals surface area contributed by atoms with Crippen LogP contribution in [-0.4, -0.2) is 53.4 Å². The molecular formula is C22H28N4O4S. The average molecular weight is 445 g/mol. The zero-order chi connectivity index (χ0) is 22.6. The molecular weight excluding hydrogens is 416 g/mol. The van der Waals surface area contributed by atoms with Crippen molar-refractivity contribution < 1.29 is 19.5 Å². The van der Waals surface area contributed by atoms with Gasteiger partial charge in [0.25, 0.3) is 0 Å². The van der Waals surface area contributed by atoms with Crippen LogP contribution in [0.3, 0.4) is 0 Å². The summed E-state index contributed by atoms with van der Waals surface area (Å²) in [5, 5.41) is 16.7. The minimum atomic E-state index is -1.21. The maximum Gasteiger partial charge on any atom is 0.327 e. The van der Waals surface area contributed by atoms with Crippen molar-refractivity contribution >= 4 is 30.5 Å². The second-order valence-electron chi connectivity index (χ2n) is 7.13. The van der Waals surface area contributed by atoms with Gasteiger partial charge in [0.05, 0.1) is 0 Å². The Balaban J connectivity index is 1.98. The van der Waals surface area contributed by atoms with Crippen LogP contribution in [0, 0.1) is 0 Å². The van der Waals surface area contributed by atoms with Crippen molar-refractivity contribution in [3.05, 3.63) is 71.8 Å². The van der Waals surface area contributed by atoms with E-state index in [1.165, 1.54) is 0 Å². The number of carboxylic acids is 1. The van der Waals surface area contributed by atoms with E-state index in [9.17, 15) is 14.4 Å². The number of nitrogens with two attached hydrogens (primary N) is 1. The summed E-state index contributed by atoms with van der Waals surface area (Å²) in [5.74, 6) is -1.69. The van der Waals surface area contributed by atoms with Crippen LogP contribution in [0.5, 0.6) is 0 Å². The Morgan fingerprint density at radius 1 is 0.871 bits per heavy atom. The number of thiol groups is 1. The van der Waals surface area contributed by atoms with E-state index < -0.39 is 30.0 Å². The van der Waals surface area contributed by atoms with Gasteiger partial charge in [-0.05, 0) is 17.5 Å². The Hall–Kier alpha value is -3.04. The standard InChI is InChI=1S/C22H28N4O4S/c23-17(11-15-7-3-1-4-8-15)13-24-20(27)18(12-16-9-5-2-6-10-16)25-22(30)26-19(14-31)21(28)29/h1-10,17-19,31H,11-14,23H2,(H,24,27)(H,28,29)(H2,25,26,30)/t17-,18+,19-/m1/s1. The highest BCUT2D eigenvalue weighted by Crippen LogP contribution is 2.05. The Bertz CT molecular complexity index is 851. The molecule has 31 heavy (non-hydrogen) atoms. The van der Waals surface area contributed by atoms with E-state index in [1.54, 1.807) is 0 Å². The Labute approximate surface area is 187 Å². The van der Waals surface area contributed by atoms with E-state index in [0.717, 1.165) is 11.1 Å². The molecule has 0 aliphatic rings. The molecule has 0 bridgehead atoms. The van der Waals surface area contributed by atoms with Crippen LogP contribution in [-0.2, 0) is 22.4 Å². The molecule has 2 aromatic carbocycles. The lowest BCUT2D eigenvalue weighted by atomic mass is 10.0. The highest BCUT2D eigenvalue weighted by atomic mass is 32.1. The number of carbonyl (C=O) groups excluding carboxylic acids is 2. The predicted octanol–water partition coefficient (Wildman–Crippen LogP) is 0.966. The molecule has 0 aliphatic carbocycles. The third-order valence-electron chi connectivity index (χ3n) is 4.57. The summed E-state index contributed by atoms with van der Waals surface area (Å²) in [4.78, 5) is 36.2. The fourth-order valence-electron chi connectivity index (χ4n) is 2.95. The molecule has 0 saturated heterocycles. The molecule has 0 radical (unpaired) electrons. The second-order valence-corrected chi connectivity index (χ2v) is 7.49. The zero-order valence-corrected chi connectivity index (χ0v) is 17.9. The van der Waals surface area contributed by atoms with Gasteiger partial charge >= 0.3 is 12.0 Å². The van der Waals surface area contributed by atoms with Gasteiger partial charge in [0.15, 0.2) is 0 Å². The fourth-order valence-corrected chi connectivity index (χ4v) is 3.19. The van der Waals surface area contributed by atoms with Crippen LogP contribution in [0.25, 0.3) is 0 Å². The maximum atomic E-state index is 12.8. The van der Waals surface area contributed by atoms with Crippen molar-refractivity contribution in [2.75, 3.05) is 12.3 Å². The number of hydrogen-bond acceptors (Lipinski definition) is 5. The molecule has 3 atom stereocenters. The maximum absolute atomic E-state index is 12.8. The summed E-state index contributed by atoms with van der Waals surface area (Å²) >= 11 is 3.92. The topological polar surface area (TPSA) is 134 Å². The van der Waals surface area contributed by atoms with Crippen molar-refractivity contribution in [1.82, 2.24) is 16.0 Å². The highest BCUT2D eigenvalue weighted by Gasteiger charge is 2.24. The van der Waals surface area contributed by atoms with Crippen molar-refractivity contribution in [2.45, 2.75) is 31.0 Å². The van der Waals surface area contributed by atoms with Crippen LogP contribution >= 0.6 is 12.6 Å². The summed E-state index contributed by atoms with van der Waals surface area (Å²) < 4.78 is 0. The van der Waals surface area contributed by atoms with E-state index in [2.05, 4.69) is 28.6 Å². The number of aliphatic carboxylic acids is 1. The van der Waals surface area contributed by atoms with E-state index >= 15 is 0 Å². The molecule has 2 rings (SSSR count). The number of rotatable bonds is 11. The van der Waals surface area contributed by atoms with Crippen molar-refractivity contribution in [1.29, 1.82) is 0 Å². The van der Waals surface area contributed by atoms with Crippen molar-refractivity contribution in [2.24, 2.45) is 5.73 Å². The molecule has 0 heterocycles. The molecule has 2 aromatic rings. The van der Waals surface area contributed by atoms with Gasteiger partial charge in [-0.25, -0.2) is 9.59 Å². The largest absolute Gasteiger partial charge is 0.480 e. The van der Waals surface area contributed by atoms with Gasteiger partial charge < -0.3 is 26.8 Å². The molecule has 0 aromatic heterocycles. The molecule has 9 heteroatoms. The van der Waals surface area contributed by atoms with Crippen LogP contribution in [0.4, 0.5) is 4.79 Å². The molecule has 0 spiro atoms. The summed E-state index contributed by atoms with van der Waals surface area (Å²) in [6.07, 6.45) is 0.841. The molecule has 8 nitrogen and oxygen atoms in total. The lowest BCUT2D eigenvalue weighted by Crippen LogP contribution is -2.55. The smallest absolute Gasteiger partial charge is 0.327 e. The van der Waals surface area contributed by atoms with Crippen LogP contribution in [0.1, 0.15) is 11.1 Å². The summed E-state index contributed by atoms with van der Waals surface area (Å²) in [7, 11) is 0. The van der Waals surface area contributed by atoms with Gasteiger partial charge in [-0.3, -0.25) is 4.79 Å². The van der Waals surface area contributed by atoms with Gasteiger partial charge in [0.1, 0.15) is 12.1 Å². The predicted molar refractivity (Wildman–Crippen MR) is 122 cm³/mol. The van der Waals surface area contributed by atoms with Crippen molar-refractivity contribution in [3.8, 4) is 0 Å². The Morgan fingerprint density at radius 2 is 1.39 bits per heavy atom. The average Bonchev–Trinajstić information content (AvgIpc) is 2.76. The molecule has 0 aliphatic heterocycles. The lowest BCUT2D eigenvalue weighted by molar-refractivity contribution is -0.138. The highest BCUT2D eigenvalue weighted by molar-refractivity contribution is 7.80. The fraction of sp³-hybridized carbons (Fsp3) is 0.318. The van der Waals surface area contributed by atoms with Crippen LogP contribution in [0.2, 0.25) is 0 Å². The number of nitrogens with one attached hydrogen (secondary N) is 3. The first-order valence-electron chi connectivity index (χ1n) is 9.91. The second kappa shape index (κ2) is 12.6. The monoisotopic (exact) mass is 444 g/mol. The van der Waals surface area contributed by atoms with E-state index in [0.29, 0.717) is 6.42 Å². The summed E-state index contributed by atoms with van der Waals surface area (Å²) in [6.45, 7) is 0.233. The molecule has 0 saturated carbocycles. The number of carbonyl (C=O) groups is 3. The SMILES string of the molecule is N[C@@H](CNC(=O)[C@H](Cc1ccccc1)NC(=O)N[C@H](CS)C(=O)O)Cc1ccccc1. The van der Waals surface area contributed by atoms with E-state index in [-0.39, 0.29) is 24.8 Å². The first-order chi connectivity index (χ1) is 14.9. The van der Waals surface area contributed by atoms with Gasteiger partial charge in [-0.1, -0.05) is 60.7 Å². The summed E-state index contributed by atoms with van der Waals surface area (Å²) in [6, 6.07) is 15.8. The van der Waals surface area contributed by atoms with Gasteiger partial charge in [0.2, 0.25) is 5.91 Å². The van der Waals surface area contributed by atoms with Gasteiger partial charge in [-0.15, -0.1) is 0 Å². The minimum absolute atomic E-state index is 0.0767. The number of amides is 3. The molecule has 0 fully saturated rings. The zero-order valence-electron chi connectivity index (χ0n) is 17.0. The minimum Gasteiger partial charge on any atom is -0.480 e. The number of hydrogen-bond donors (Lipinski definition) is 6. The molecule has 0 unspecified atom stereocenters. The Kier molecular flexibility index (Phi) is 9.86. The van der Waals surface area contributed by atoms with Crippen molar-refractivity contribution in [3.63, 3.8) is 0 Å². The number of urea groups is 1. The molecule has 6 N–H and O–H groups in total. The first-order valence-corrected chi connectivity index (χ1v) is 10.5. The Morgan fingerprint density at radius 3 is 1.90 bits per heavy atom. The number of carboxylic acid groups (broad SMARTS) is 1. The molecule has 166 valence electrons. The van der Waals surface area contributed by atoms with Crippen LogP contribution in [0.15, 0.2) is 60.7 Å². The quantitative estimate of drug-likeness (QED) is 0.287. The van der Waals surface area contributed by atoms with Crippen LogP contribution < -0.4 is 21.7 Å². The number of benzene rings is 2. The van der Waals surface area contributed by atoms with E-state index in [1.807, 2.05) is 60.7 Å². The third kappa shape index (κ3) is 8.69. The van der Waals surface area contributed by atoms with Gasteiger partial charge in [-0.2, -0.15) is 12.6 Å². The van der Waals surface area contributed by atoms with Gasteiger partial charge in [0, 0.05) is 24.8 Å². The normalized spacial score (nSPS) is 13.5. The molecule has 3 amide bonds. The first kappa shape index (κ1) is 24.2.